The first-order valence-electron chi connectivity index (χ1n) is 10.4. The third-order valence-electron chi connectivity index (χ3n) is 5.21. The van der Waals surface area contributed by atoms with Gasteiger partial charge in [0.05, 0.1) is 15.7 Å². The summed E-state index contributed by atoms with van der Waals surface area (Å²) in [6.07, 6.45) is 1.29. The minimum Gasteiger partial charge on any atom is -0.421 e. The number of ether oxygens (including phenoxy) is 1. The lowest BCUT2D eigenvalue weighted by Crippen LogP contribution is -2.54. The summed E-state index contributed by atoms with van der Waals surface area (Å²) in [4.78, 5) is 52.0. The van der Waals surface area contributed by atoms with Crippen LogP contribution in [0.5, 0.6) is 5.75 Å². The molecule has 35 heavy (non-hydrogen) atoms. The average molecular weight is 598 g/mol. The molecule has 1 N–H and O–H groups in total. The molecule has 1 heterocycles. The molecule has 0 atom stereocenters. The Morgan fingerprint density at radius 1 is 0.914 bits per heavy atom. The highest BCUT2D eigenvalue weighted by atomic mass is 79.9. The number of nitrogens with zero attached hydrogens (tertiary/aromatic N) is 1. The van der Waals surface area contributed by atoms with Crippen molar-refractivity contribution in [1.82, 2.24) is 5.32 Å². The van der Waals surface area contributed by atoms with Gasteiger partial charge in [0.2, 0.25) is 0 Å². The molecule has 1 saturated heterocycles. The summed E-state index contributed by atoms with van der Waals surface area (Å²) >= 11 is 6.76. The van der Waals surface area contributed by atoms with Crippen LogP contribution in [0.3, 0.4) is 0 Å². The summed E-state index contributed by atoms with van der Waals surface area (Å²) in [5, 5.41) is 2.19. The number of hydrogen-bond donors (Lipinski definition) is 1. The van der Waals surface area contributed by atoms with Crippen molar-refractivity contribution in [2.75, 3.05) is 4.90 Å². The van der Waals surface area contributed by atoms with E-state index in [1.54, 1.807) is 60.7 Å². The van der Waals surface area contributed by atoms with Crippen molar-refractivity contribution in [2.45, 2.75) is 13.8 Å². The zero-order chi connectivity index (χ0) is 25.3. The largest absolute Gasteiger partial charge is 0.421 e. The fraction of sp³-hybridized carbons (Fsp3) is 0.0769. The van der Waals surface area contributed by atoms with E-state index in [4.69, 9.17) is 4.74 Å². The fourth-order valence-corrected chi connectivity index (χ4v) is 4.72. The van der Waals surface area contributed by atoms with Crippen molar-refractivity contribution in [3.8, 4) is 5.75 Å². The smallest absolute Gasteiger partial charge is 0.343 e. The Kier molecular flexibility index (Phi) is 7.00. The van der Waals surface area contributed by atoms with E-state index >= 15 is 0 Å². The first-order chi connectivity index (χ1) is 16.6. The highest BCUT2D eigenvalue weighted by Crippen LogP contribution is 2.35. The summed E-state index contributed by atoms with van der Waals surface area (Å²) in [6, 6.07) is 16.0. The molecule has 0 radical (unpaired) electrons. The molecule has 9 heteroatoms. The molecule has 0 bridgehead atoms. The molecule has 0 aromatic heterocycles. The summed E-state index contributed by atoms with van der Waals surface area (Å²) in [7, 11) is 0. The van der Waals surface area contributed by atoms with Gasteiger partial charge < -0.3 is 4.74 Å². The molecule has 4 amide bonds. The second kappa shape index (κ2) is 9.97. The number of anilines is 1. The van der Waals surface area contributed by atoms with E-state index in [-0.39, 0.29) is 16.9 Å². The quantitative estimate of drug-likeness (QED) is 0.180. The van der Waals surface area contributed by atoms with Crippen molar-refractivity contribution >= 4 is 67.4 Å². The molecule has 7 nitrogen and oxygen atoms in total. The van der Waals surface area contributed by atoms with Crippen LogP contribution in [0.4, 0.5) is 10.5 Å². The number of rotatable bonds is 4. The van der Waals surface area contributed by atoms with Gasteiger partial charge >= 0.3 is 12.0 Å². The number of amides is 4. The van der Waals surface area contributed by atoms with Crippen LogP contribution in [0.25, 0.3) is 6.08 Å². The molecule has 1 fully saturated rings. The third-order valence-corrected chi connectivity index (χ3v) is 6.26. The van der Waals surface area contributed by atoms with E-state index in [1.165, 1.54) is 6.08 Å². The van der Waals surface area contributed by atoms with E-state index < -0.39 is 23.8 Å². The predicted molar refractivity (Wildman–Crippen MR) is 138 cm³/mol. The first-order valence-corrected chi connectivity index (χ1v) is 12.0. The SMILES string of the molecule is Cc1ccc(C(=O)Oc2c(Br)cc(Br)cc2/C=C2/C(=O)NC(=O)N(c3ccc(C)cc3)C2=O)cc1. The topological polar surface area (TPSA) is 92.8 Å². The summed E-state index contributed by atoms with van der Waals surface area (Å²) < 4.78 is 6.68. The summed E-state index contributed by atoms with van der Waals surface area (Å²) in [5.41, 5.74) is 2.59. The molecule has 176 valence electrons. The molecule has 1 aliphatic rings. The van der Waals surface area contributed by atoms with Crippen LogP contribution >= 0.6 is 31.9 Å². The minimum absolute atomic E-state index is 0.116. The minimum atomic E-state index is -0.852. The standard InChI is InChI=1S/C26H18Br2N2O5/c1-14-3-7-16(8-4-14)25(33)35-22-17(11-18(27)13-21(22)28)12-20-23(31)29-26(34)30(24(20)32)19-9-5-15(2)6-10-19/h3-13H,1-2H3,(H,29,31,34)/b20-12-. The van der Waals surface area contributed by atoms with Crippen LogP contribution in [-0.2, 0) is 9.59 Å². The Hall–Kier alpha value is -3.56. The van der Waals surface area contributed by atoms with E-state index in [9.17, 15) is 19.2 Å². The number of halogens is 2. The Labute approximate surface area is 218 Å². The van der Waals surface area contributed by atoms with E-state index in [0.29, 0.717) is 20.2 Å². The lowest BCUT2D eigenvalue weighted by molar-refractivity contribution is -0.122. The van der Waals surface area contributed by atoms with Gasteiger partial charge in [0, 0.05) is 10.0 Å². The molecular formula is C26H18Br2N2O5. The lowest BCUT2D eigenvalue weighted by atomic mass is 10.1. The highest BCUT2D eigenvalue weighted by molar-refractivity contribution is 9.11. The van der Waals surface area contributed by atoms with Gasteiger partial charge in [-0.15, -0.1) is 0 Å². The number of carbonyl (C=O) groups is 4. The predicted octanol–water partition coefficient (Wildman–Crippen LogP) is 5.71. The maximum Gasteiger partial charge on any atom is 0.343 e. The number of nitrogens with one attached hydrogen (secondary N) is 1. The van der Waals surface area contributed by atoms with Crippen LogP contribution in [-0.4, -0.2) is 23.8 Å². The zero-order valence-corrected chi connectivity index (χ0v) is 21.8. The first kappa shape index (κ1) is 24.6. The molecule has 0 unspecified atom stereocenters. The van der Waals surface area contributed by atoms with Gasteiger partial charge in [-0.25, -0.2) is 14.5 Å². The van der Waals surface area contributed by atoms with Crippen LogP contribution in [0.15, 0.2) is 75.2 Å². The number of aryl methyl sites for hydroxylation is 2. The van der Waals surface area contributed by atoms with Crippen LogP contribution in [0, 0.1) is 13.8 Å². The van der Waals surface area contributed by atoms with E-state index in [0.717, 1.165) is 16.0 Å². The maximum atomic E-state index is 13.2. The van der Waals surface area contributed by atoms with Crippen LogP contribution in [0.2, 0.25) is 0 Å². The van der Waals surface area contributed by atoms with Gasteiger partial charge in [-0.3, -0.25) is 14.9 Å². The molecule has 3 aromatic rings. The molecule has 0 aliphatic carbocycles. The van der Waals surface area contributed by atoms with Gasteiger partial charge in [-0.1, -0.05) is 51.3 Å². The Morgan fingerprint density at radius 2 is 1.51 bits per heavy atom. The average Bonchev–Trinajstić information content (AvgIpc) is 2.80. The van der Waals surface area contributed by atoms with Crippen molar-refractivity contribution in [1.29, 1.82) is 0 Å². The lowest BCUT2D eigenvalue weighted by Gasteiger charge is -2.26. The Balaban J connectivity index is 1.74. The Morgan fingerprint density at radius 3 is 2.14 bits per heavy atom. The monoisotopic (exact) mass is 596 g/mol. The van der Waals surface area contributed by atoms with Gasteiger partial charge in [0.15, 0.2) is 5.75 Å². The summed E-state index contributed by atoms with van der Waals surface area (Å²) in [6.45, 7) is 3.78. The van der Waals surface area contributed by atoms with Gasteiger partial charge in [0.1, 0.15) is 5.57 Å². The van der Waals surface area contributed by atoms with E-state index in [1.807, 2.05) is 13.8 Å². The second-order valence-electron chi connectivity index (χ2n) is 7.85. The van der Waals surface area contributed by atoms with Crippen molar-refractivity contribution in [3.05, 3.63) is 97.4 Å². The second-order valence-corrected chi connectivity index (χ2v) is 9.62. The fourth-order valence-electron chi connectivity index (χ4n) is 3.38. The number of imide groups is 2. The number of carbonyl (C=O) groups excluding carboxylic acids is 4. The van der Waals surface area contributed by atoms with Crippen LogP contribution < -0.4 is 15.0 Å². The number of esters is 1. The third kappa shape index (κ3) is 5.26. The van der Waals surface area contributed by atoms with Crippen molar-refractivity contribution in [3.63, 3.8) is 0 Å². The molecule has 1 aliphatic heterocycles. The summed E-state index contributed by atoms with van der Waals surface area (Å²) in [5.74, 6) is -2.14. The van der Waals surface area contributed by atoms with Gasteiger partial charge in [-0.05, 0) is 72.3 Å². The highest BCUT2D eigenvalue weighted by Gasteiger charge is 2.37. The zero-order valence-electron chi connectivity index (χ0n) is 18.6. The Bertz CT molecular complexity index is 1400. The molecule has 0 saturated carbocycles. The van der Waals surface area contributed by atoms with Crippen molar-refractivity contribution < 1.29 is 23.9 Å². The van der Waals surface area contributed by atoms with Gasteiger partial charge in [-0.2, -0.15) is 0 Å². The number of hydrogen-bond acceptors (Lipinski definition) is 5. The molecule has 3 aromatic carbocycles. The normalized spacial score (nSPS) is 14.8. The molecular weight excluding hydrogens is 580 g/mol. The van der Waals surface area contributed by atoms with Gasteiger partial charge in [0.25, 0.3) is 11.8 Å². The molecule has 0 spiro atoms. The number of benzene rings is 3. The van der Waals surface area contributed by atoms with Crippen LogP contribution in [0.1, 0.15) is 27.0 Å². The van der Waals surface area contributed by atoms with Crippen molar-refractivity contribution in [2.24, 2.45) is 0 Å². The number of barbiturate groups is 1. The maximum absolute atomic E-state index is 13.2. The molecule has 4 rings (SSSR count). The number of urea groups is 1. The van der Waals surface area contributed by atoms with E-state index in [2.05, 4.69) is 37.2 Å².